The summed E-state index contributed by atoms with van der Waals surface area (Å²) in [6.07, 6.45) is 4.17. The third kappa shape index (κ3) is 3.32. The molecule has 168 valence electrons. The van der Waals surface area contributed by atoms with Crippen LogP contribution in [0.5, 0.6) is 11.5 Å². The number of hydrogen-bond donors (Lipinski definition) is 1. The van der Waals surface area contributed by atoms with Crippen LogP contribution < -0.4 is 19.7 Å². The second kappa shape index (κ2) is 8.13. The fourth-order valence-electron chi connectivity index (χ4n) is 5.47. The number of methoxy groups -OCH3 is 2. The Kier molecular flexibility index (Phi) is 5.29. The molecule has 2 aromatic rings. The van der Waals surface area contributed by atoms with E-state index in [1.807, 2.05) is 36.4 Å². The predicted octanol–water partition coefficient (Wildman–Crippen LogP) is 3.36. The van der Waals surface area contributed by atoms with Gasteiger partial charge in [-0.3, -0.25) is 19.4 Å². The van der Waals surface area contributed by atoms with E-state index in [-0.39, 0.29) is 18.4 Å². The van der Waals surface area contributed by atoms with E-state index in [1.165, 1.54) is 5.56 Å². The van der Waals surface area contributed by atoms with Gasteiger partial charge >= 0.3 is 0 Å². The lowest BCUT2D eigenvalue weighted by molar-refractivity contribution is -0.128. The van der Waals surface area contributed by atoms with Crippen LogP contribution in [0.25, 0.3) is 0 Å². The Morgan fingerprint density at radius 2 is 1.75 bits per heavy atom. The van der Waals surface area contributed by atoms with Gasteiger partial charge in [0.05, 0.1) is 32.1 Å². The summed E-state index contributed by atoms with van der Waals surface area (Å²) in [5, 5.41) is 3.05. The maximum absolute atomic E-state index is 13.7. The molecule has 0 radical (unpaired) electrons. The molecule has 1 fully saturated rings. The molecule has 0 aromatic heterocycles. The second-order valence-electron chi connectivity index (χ2n) is 8.88. The van der Waals surface area contributed by atoms with Gasteiger partial charge in [0.2, 0.25) is 5.91 Å². The summed E-state index contributed by atoms with van der Waals surface area (Å²) in [5.74, 6) is 1.36. The number of nitrogens with zero attached hydrogens (tertiary/aromatic N) is 2. The van der Waals surface area contributed by atoms with Crippen LogP contribution >= 0.6 is 0 Å². The van der Waals surface area contributed by atoms with E-state index >= 15 is 0 Å². The zero-order valence-electron chi connectivity index (χ0n) is 18.6. The number of anilines is 2. The maximum atomic E-state index is 13.7. The van der Waals surface area contributed by atoms with E-state index in [1.54, 1.807) is 19.1 Å². The Labute approximate surface area is 188 Å². The average molecular weight is 436 g/mol. The molecule has 1 aliphatic carbocycles. The molecule has 1 N–H and O–H groups in total. The quantitative estimate of drug-likeness (QED) is 0.798. The molecule has 2 amide bonds. The summed E-state index contributed by atoms with van der Waals surface area (Å²) in [7, 11) is 3.28. The van der Waals surface area contributed by atoms with Crippen LogP contribution in [0, 0.1) is 0 Å². The highest BCUT2D eigenvalue weighted by Crippen LogP contribution is 2.45. The molecule has 5 rings (SSSR count). The Morgan fingerprint density at radius 1 is 1.06 bits per heavy atom. The van der Waals surface area contributed by atoms with Gasteiger partial charge in [-0.05, 0) is 54.7 Å². The lowest BCUT2D eigenvalue weighted by Crippen LogP contribution is -2.62. The SMILES string of the molecule is COc1cc2c(cc1OC)CN(CC(=O)N1c3ccccc3NC(=O)C13CCCC3)CC2. The number of para-hydroxylation sites is 2. The van der Waals surface area contributed by atoms with Crippen molar-refractivity contribution in [1.29, 1.82) is 0 Å². The van der Waals surface area contributed by atoms with E-state index in [0.717, 1.165) is 42.8 Å². The van der Waals surface area contributed by atoms with Gasteiger partial charge < -0.3 is 14.8 Å². The molecule has 0 atom stereocenters. The number of amides is 2. The molecular formula is C25H29N3O4. The topological polar surface area (TPSA) is 71.1 Å². The summed E-state index contributed by atoms with van der Waals surface area (Å²) < 4.78 is 10.9. The fourth-order valence-corrected chi connectivity index (χ4v) is 5.47. The zero-order valence-corrected chi connectivity index (χ0v) is 18.6. The number of carbonyl (C=O) groups excluding carboxylic acids is 2. The van der Waals surface area contributed by atoms with Gasteiger partial charge in [0.15, 0.2) is 11.5 Å². The Bertz CT molecular complexity index is 1060. The third-order valence-corrected chi connectivity index (χ3v) is 7.08. The van der Waals surface area contributed by atoms with Crippen LogP contribution in [-0.2, 0) is 22.6 Å². The van der Waals surface area contributed by atoms with Gasteiger partial charge in [0.25, 0.3) is 5.91 Å². The Balaban J connectivity index is 1.41. The number of hydrogen-bond acceptors (Lipinski definition) is 5. The van der Waals surface area contributed by atoms with E-state index in [2.05, 4.69) is 10.2 Å². The van der Waals surface area contributed by atoms with Gasteiger partial charge in [-0.25, -0.2) is 0 Å². The molecule has 1 saturated carbocycles. The number of fused-ring (bicyclic) bond motifs is 2. The highest BCUT2D eigenvalue weighted by Gasteiger charge is 2.52. The van der Waals surface area contributed by atoms with Crippen molar-refractivity contribution in [2.75, 3.05) is 37.5 Å². The van der Waals surface area contributed by atoms with Gasteiger partial charge in [-0.1, -0.05) is 25.0 Å². The first-order valence-electron chi connectivity index (χ1n) is 11.3. The van der Waals surface area contributed by atoms with Crippen LogP contribution in [0.15, 0.2) is 36.4 Å². The molecule has 0 unspecified atom stereocenters. The monoisotopic (exact) mass is 435 g/mol. The summed E-state index contributed by atoms with van der Waals surface area (Å²) in [5.41, 5.74) is 3.12. The number of ether oxygens (including phenoxy) is 2. The Morgan fingerprint density at radius 3 is 2.47 bits per heavy atom. The molecule has 2 aliphatic heterocycles. The van der Waals surface area contributed by atoms with Gasteiger partial charge in [0.1, 0.15) is 5.54 Å². The lowest BCUT2D eigenvalue weighted by atomic mass is 9.89. The van der Waals surface area contributed by atoms with E-state index in [9.17, 15) is 9.59 Å². The molecule has 1 spiro atoms. The van der Waals surface area contributed by atoms with Crippen LogP contribution in [0.2, 0.25) is 0 Å². The number of rotatable bonds is 4. The van der Waals surface area contributed by atoms with Crippen molar-refractivity contribution in [3.05, 3.63) is 47.5 Å². The van der Waals surface area contributed by atoms with Crippen molar-refractivity contribution in [2.45, 2.75) is 44.2 Å². The maximum Gasteiger partial charge on any atom is 0.250 e. The minimum Gasteiger partial charge on any atom is -0.493 e. The van der Waals surface area contributed by atoms with Gasteiger partial charge in [-0.15, -0.1) is 0 Å². The first-order valence-corrected chi connectivity index (χ1v) is 11.3. The minimum absolute atomic E-state index is 0.0156. The minimum atomic E-state index is -0.768. The van der Waals surface area contributed by atoms with Crippen molar-refractivity contribution in [2.24, 2.45) is 0 Å². The largest absolute Gasteiger partial charge is 0.493 e. The van der Waals surface area contributed by atoms with E-state index in [0.29, 0.717) is 30.8 Å². The zero-order chi connectivity index (χ0) is 22.3. The summed E-state index contributed by atoms with van der Waals surface area (Å²) in [6, 6.07) is 11.7. The smallest absolute Gasteiger partial charge is 0.250 e. The standard InChI is InChI=1S/C25H29N3O4/c1-31-21-13-17-9-12-27(15-18(17)14-22(21)32-2)16-23(29)28-20-8-4-3-7-19(20)26-24(30)25(28)10-5-6-11-25/h3-4,7-8,13-14H,5-6,9-12,15-16H2,1-2H3,(H,26,30). The molecule has 3 aliphatic rings. The molecule has 0 saturated heterocycles. The highest BCUT2D eigenvalue weighted by atomic mass is 16.5. The highest BCUT2D eigenvalue weighted by molar-refractivity contribution is 6.15. The van der Waals surface area contributed by atoms with E-state index in [4.69, 9.17) is 9.47 Å². The van der Waals surface area contributed by atoms with Crippen molar-refractivity contribution in [3.63, 3.8) is 0 Å². The molecular weight excluding hydrogens is 406 g/mol. The lowest BCUT2D eigenvalue weighted by Gasteiger charge is -2.45. The normalized spacial score (nSPS) is 19.3. The van der Waals surface area contributed by atoms with E-state index < -0.39 is 5.54 Å². The van der Waals surface area contributed by atoms with Crippen molar-refractivity contribution < 1.29 is 19.1 Å². The van der Waals surface area contributed by atoms with Gasteiger partial charge in [0, 0.05) is 13.1 Å². The molecule has 2 heterocycles. The van der Waals surface area contributed by atoms with Crippen molar-refractivity contribution in [3.8, 4) is 11.5 Å². The Hall–Kier alpha value is -3.06. The number of benzene rings is 2. The molecule has 32 heavy (non-hydrogen) atoms. The third-order valence-electron chi connectivity index (χ3n) is 7.08. The summed E-state index contributed by atoms with van der Waals surface area (Å²) >= 11 is 0. The predicted molar refractivity (Wildman–Crippen MR) is 122 cm³/mol. The van der Waals surface area contributed by atoms with Crippen LogP contribution in [-0.4, -0.2) is 49.6 Å². The first kappa shape index (κ1) is 20.8. The van der Waals surface area contributed by atoms with Crippen molar-refractivity contribution in [1.82, 2.24) is 4.90 Å². The van der Waals surface area contributed by atoms with Crippen LogP contribution in [0.1, 0.15) is 36.8 Å². The van der Waals surface area contributed by atoms with Crippen LogP contribution in [0.3, 0.4) is 0 Å². The molecule has 0 bridgehead atoms. The average Bonchev–Trinajstić information content (AvgIpc) is 3.29. The molecule has 7 heteroatoms. The molecule has 7 nitrogen and oxygen atoms in total. The van der Waals surface area contributed by atoms with Crippen molar-refractivity contribution >= 4 is 23.2 Å². The number of carbonyl (C=O) groups is 2. The summed E-state index contributed by atoms with van der Waals surface area (Å²) in [6.45, 7) is 1.72. The first-order chi connectivity index (χ1) is 15.6. The number of nitrogens with one attached hydrogen (secondary N) is 1. The van der Waals surface area contributed by atoms with Crippen LogP contribution in [0.4, 0.5) is 11.4 Å². The second-order valence-corrected chi connectivity index (χ2v) is 8.88. The fraction of sp³-hybridized carbons (Fsp3) is 0.440. The molecule has 2 aromatic carbocycles. The van der Waals surface area contributed by atoms with Gasteiger partial charge in [-0.2, -0.15) is 0 Å². The summed E-state index contributed by atoms with van der Waals surface area (Å²) in [4.78, 5) is 30.8.